The zero-order chi connectivity index (χ0) is 22.1. The number of aliphatic imine (C=N–C) groups is 1. The summed E-state index contributed by atoms with van der Waals surface area (Å²) in [4.78, 5) is 28.0. The molecule has 0 aliphatic carbocycles. The largest absolute Gasteiger partial charge is 0.444 e. The highest BCUT2D eigenvalue weighted by Crippen LogP contribution is 2.06. The Morgan fingerprint density at radius 2 is 1.79 bits per heavy atom. The summed E-state index contributed by atoms with van der Waals surface area (Å²) in [5, 5.41) is 5.60. The number of nitrogens with one attached hydrogen (secondary N) is 2. The first-order valence-electron chi connectivity index (χ1n) is 10.7. The van der Waals surface area contributed by atoms with Crippen molar-refractivity contribution in [3.63, 3.8) is 0 Å². The first kappa shape index (κ1) is 26.6. The van der Waals surface area contributed by atoms with Crippen molar-refractivity contribution in [1.82, 2.24) is 10.6 Å². The van der Waals surface area contributed by atoms with Gasteiger partial charge in [-0.3, -0.25) is 9.79 Å². The summed E-state index contributed by atoms with van der Waals surface area (Å²) in [6.07, 6.45) is 5.78. The van der Waals surface area contributed by atoms with Crippen molar-refractivity contribution in [1.29, 1.82) is 0 Å². The SMILES string of the molecule is CC.CCCCCCNC(=O)c1cccc(C=NCCNC(=O)OC(C)(C)C)c1. The van der Waals surface area contributed by atoms with Crippen LogP contribution in [0.4, 0.5) is 4.79 Å². The molecule has 0 unspecified atom stereocenters. The van der Waals surface area contributed by atoms with Crippen LogP contribution in [0.5, 0.6) is 0 Å². The molecule has 0 aromatic heterocycles. The molecule has 0 bridgehead atoms. The highest BCUT2D eigenvalue weighted by Gasteiger charge is 2.15. The number of hydrogen-bond donors (Lipinski definition) is 2. The van der Waals surface area contributed by atoms with Crippen LogP contribution in [0.1, 0.15) is 83.1 Å². The molecule has 0 aliphatic rings. The molecule has 1 aromatic rings. The van der Waals surface area contributed by atoms with Gasteiger partial charge in [0, 0.05) is 24.9 Å². The molecule has 0 saturated carbocycles. The van der Waals surface area contributed by atoms with Crippen molar-refractivity contribution in [2.75, 3.05) is 19.6 Å². The van der Waals surface area contributed by atoms with Crippen LogP contribution in [0.25, 0.3) is 0 Å². The van der Waals surface area contributed by atoms with Crippen LogP contribution in [-0.2, 0) is 4.74 Å². The lowest BCUT2D eigenvalue weighted by molar-refractivity contribution is 0.0529. The number of amides is 2. The van der Waals surface area contributed by atoms with E-state index in [1.54, 1.807) is 12.3 Å². The predicted molar refractivity (Wildman–Crippen MR) is 121 cm³/mol. The minimum atomic E-state index is -0.510. The molecule has 1 rings (SSSR count). The van der Waals surface area contributed by atoms with Crippen molar-refractivity contribution in [3.05, 3.63) is 35.4 Å². The van der Waals surface area contributed by atoms with Crippen LogP contribution in [0.3, 0.4) is 0 Å². The molecular formula is C23H39N3O3. The Morgan fingerprint density at radius 1 is 1.07 bits per heavy atom. The zero-order valence-electron chi connectivity index (χ0n) is 19.0. The monoisotopic (exact) mass is 405 g/mol. The number of benzene rings is 1. The molecule has 6 nitrogen and oxygen atoms in total. The molecule has 29 heavy (non-hydrogen) atoms. The van der Waals surface area contributed by atoms with Crippen LogP contribution in [0, 0.1) is 0 Å². The molecule has 2 N–H and O–H groups in total. The fourth-order valence-electron chi connectivity index (χ4n) is 2.32. The molecule has 0 aliphatic heterocycles. The summed E-state index contributed by atoms with van der Waals surface area (Å²) in [5.74, 6) is -0.0617. The highest BCUT2D eigenvalue weighted by molar-refractivity contribution is 5.96. The Balaban J connectivity index is 0.00000379. The van der Waals surface area contributed by atoms with E-state index >= 15 is 0 Å². The van der Waals surface area contributed by atoms with Crippen LogP contribution in [0.2, 0.25) is 0 Å². The Bertz CT molecular complexity index is 622. The minimum Gasteiger partial charge on any atom is -0.444 e. The van der Waals surface area contributed by atoms with Gasteiger partial charge in [0.1, 0.15) is 5.60 Å². The lowest BCUT2D eigenvalue weighted by Crippen LogP contribution is -2.33. The maximum Gasteiger partial charge on any atom is 0.407 e. The third kappa shape index (κ3) is 14.3. The number of alkyl carbamates (subject to hydrolysis) is 1. The highest BCUT2D eigenvalue weighted by atomic mass is 16.6. The number of carbonyl (C=O) groups is 2. The second-order valence-corrected chi connectivity index (χ2v) is 7.41. The quantitative estimate of drug-likeness (QED) is 0.426. The molecule has 0 radical (unpaired) electrons. The van der Waals surface area contributed by atoms with E-state index in [-0.39, 0.29) is 5.91 Å². The summed E-state index contributed by atoms with van der Waals surface area (Å²) in [5.41, 5.74) is 0.969. The lowest BCUT2D eigenvalue weighted by atomic mass is 10.1. The minimum absolute atomic E-state index is 0.0617. The van der Waals surface area contributed by atoms with Gasteiger partial charge in [-0.05, 0) is 44.9 Å². The maximum atomic E-state index is 12.2. The first-order valence-corrected chi connectivity index (χ1v) is 10.7. The van der Waals surface area contributed by atoms with Gasteiger partial charge in [-0.1, -0.05) is 52.2 Å². The van der Waals surface area contributed by atoms with Crippen molar-refractivity contribution < 1.29 is 14.3 Å². The standard InChI is InChI=1S/C21H33N3O3.C2H6/c1-5-6-7-8-12-23-19(25)18-11-9-10-17(15-18)16-22-13-14-24-20(26)27-21(2,3)4;1-2/h9-11,15-16H,5-8,12-14H2,1-4H3,(H,23,25)(H,24,26);1-2H3. The van der Waals surface area contributed by atoms with Crippen molar-refractivity contribution in [3.8, 4) is 0 Å². The van der Waals surface area contributed by atoms with Gasteiger partial charge in [0.2, 0.25) is 0 Å². The number of carbonyl (C=O) groups excluding carboxylic acids is 2. The van der Waals surface area contributed by atoms with E-state index in [0.717, 1.165) is 18.4 Å². The maximum absolute atomic E-state index is 12.2. The molecule has 1 aromatic carbocycles. The topological polar surface area (TPSA) is 79.8 Å². The number of hydrogen-bond acceptors (Lipinski definition) is 4. The van der Waals surface area contributed by atoms with Crippen LogP contribution in [-0.4, -0.2) is 43.5 Å². The summed E-state index contributed by atoms with van der Waals surface area (Å²) < 4.78 is 5.15. The molecule has 2 amide bonds. The summed E-state index contributed by atoms with van der Waals surface area (Å²) in [6.45, 7) is 13.2. The van der Waals surface area contributed by atoms with E-state index in [4.69, 9.17) is 4.74 Å². The van der Waals surface area contributed by atoms with Crippen LogP contribution < -0.4 is 10.6 Å². The third-order valence-corrected chi connectivity index (χ3v) is 3.61. The third-order valence-electron chi connectivity index (χ3n) is 3.61. The summed E-state index contributed by atoms with van der Waals surface area (Å²) >= 11 is 0. The van der Waals surface area contributed by atoms with E-state index in [0.29, 0.717) is 25.2 Å². The Hall–Kier alpha value is -2.37. The molecular weight excluding hydrogens is 366 g/mol. The van der Waals surface area contributed by atoms with E-state index in [1.165, 1.54) is 12.8 Å². The van der Waals surface area contributed by atoms with Gasteiger partial charge in [0.05, 0.1) is 6.54 Å². The normalized spacial score (nSPS) is 10.8. The van der Waals surface area contributed by atoms with E-state index in [1.807, 2.05) is 52.8 Å². The molecule has 6 heteroatoms. The summed E-state index contributed by atoms with van der Waals surface area (Å²) in [7, 11) is 0. The Kier molecular flexibility index (Phi) is 14.3. The molecule has 0 saturated heterocycles. The van der Waals surface area contributed by atoms with Crippen LogP contribution in [0.15, 0.2) is 29.3 Å². The predicted octanol–water partition coefficient (Wildman–Crippen LogP) is 4.97. The molecule has 0 heterocycles. The van der Waals surface area contributed by atoms with Crippen molar-refractivity contribution in [2.45, 2.75) is 72.8 Å². The average Bonchev–Trinajstić information content (AvgIpc) is 2.68. The van der Waals surface area contributed by atoms with Crippen LogP contribution >= 0.6 is 0 Å². The van der Waals surface area contributed by atoms with Gasteiger partial charge in [0.15, 0.2) is 0 Å². The molecule has 164 valence electrons. The number of rotatable bonds is 10. The number of nitrogens with zero attached hydrogens (tertiary/aromatic N) is 1. The second kappa shape index (κ2) is 15.5. The number of unbranched alkanes of at least 4 members (excludes halogenated alkanes) is 3. The fourth-order valence-corrected chi connectivity index (χ4v) is 2.32. The van der Waals surface area contributed by atoms with E-state index in [2.05, 4.69) is 22.5 Å². The van der Waals surface area contributed by atoms with Gasteiger partial charge in [-0.25, -0.2) is 4.79 Å². The second-order valence-electron chi connectivity index (χ2n) is 7.41. The fraction of sp³-hybridized carbons (Fsp3) is 0.609. The van der Waals surface area contributed by atoms with Gasteiger partial charge < -0.3 is 15.4 Å². The summed E-state index contributed by atoms with van der Waals surface area (Å²) in [6, 6.07) is 7.34. The van der Waals surface area contributed by atoms with Gasteiger partial charge in [-0.2, -0.15) is 0 Å². The zero-order valence-corrected chi connectivity index (χ0v) is 19.0. The average molecular weight is 406 g/mol. The van der Waals surface area contributed by atoms with E-state index in [9.17, 15) is 9.59 Å². The van der Waals surface area contributed by atoms with Gasteiger partial charge in [-0.15, -0.1) is 0 Å². The molecule has 0 spiro atoms. The Labute approximate surface area is 176 Å². The molecule has 0 atom stereocenters. The van der Waals surface area contributed by atoms with Gasteiger partial charge in [0.25, 0.3) is 5.91 Å². The Morgan fingerprint density at radius 3 is 2.45 bits per heavy atom. The first-order chi connectivity index (χ1) is 13.8. The van der Waals surface area contributed by atoms with Gasteiger partial charge >= 0.3 is 6.09 Å². The molecule has 0 fully saturated rings. The lowest BCUT2D eigenvalue weighted by Gasteiger charge is -2.19. The van der Waals surface area contributed by atoms with Crippen molar-refractivity contribution >= 4 is 18.2 Å². The smallest absolute Gasteiger partial charge is 0.407 e. The van der Waals surface area contributed by atoms with E-state index < -0.39 is 11.7 Å². The van der Waals surface area contributed by atoms with Crippen molar-refractivity contribution in [2.24, 2.45) is 4.99 Å². The number of ether oxygens (including phenoxy) is 1.